The normalized spacial score (nSPS) is 11.6. The molecule has 0 bridgehead atoms. The molecule has 0 fully saturated rings. The largest absolute Gasteiger partial charge is 0.359 e. The molecule has 1 aromatic carbocycles. The monoisotopic (exact) mass is 305 g/mol. The van der Waals surface area contributed by atoms with Crippen LogP contribution in [0, 0.1) is 5.82 Å². The summed E-state index contributed by atoms with van der Waals surface area (Å²) in [6.07, 6.45) is 0.780. The van der Waals surface area contributed by atoms with Crippen molar-refractivity contribution in [2.45, 2.75) is 27.2 Å². The fraction of sp³-hybridized carbons (Fsp3) is 0.462. The molecule has 0 unspecified atom stereocenters. The lowest BCUT2D eigenvalue weighted by Gasteiger charge is -2.22. The molecule has 0 radical (unpaired) electrons. The first-order valence-corrected chi connectivity index (χ1v) is 7.01. The summed E-state index contributed by atoms with van der Waals surface area (Å²) in [5.74, 6) is 0.265. The van der Waals surface area contributed by atoms with Crippen molar-refractivity contribution in [1.29, 1.82) is 0 Å². The second kappa shape index (κ2) is 7.56. The zero-order valence-corrected chi connectivity index (χ0v) is 12.8. The zero-order valence-electron chi connectivity index (χ0n) is 11.3. The third-order valence-corrected chi connectivity index (χ3v) is 3.45. The van der Waals surface area contributed by atoms with Crippen molar-refractivity contribution < 1.29 is 4.39 Å². The average Bonchev–Trinajstić information content (AvgIpc) is 2.42. The molecule has 0 amide bonds. The summed E-state index contributed by atoms with van der Waals surface area (Å²) in [5, 5.41) is 4.23. The van der Waals surface area contributed by atoms with Crippen LogP contribution in [0.15, 0.2) is 17.2 Å². The smallest absolute Gasteiger partial charge is 0.162 e. The molecule has 3 nitrogen and oxygen atoms in total. The van der Waals surface area contributed by atoms with Gasteiger partial charge in [0.25, 0.3) is 0 Å². The minimum Gasteiger partial charge on any atom is -0.359 e. The van der Waals surface area contributed by atoms with Crippen LogP contribution < -0.4 is 5.43 Å². The van der Waals surface area contributed by atoms with Crippen LogP contribution in [0.1, 0.15) is 27.2 Å². The van der Waals surface area contributed by atoms with Gasteiger partial charge in [-0.3, -0.25) is 5.43 Å². The van der Waals surface area contributed by atoms with Gasteiger partial charge < -0.3 is 4.90 Å². The highest BCUT2D eigenvalue weighted by molar-refractivity contribution is 6.36. The van der Waals surface area contributed by atoms with E-state index in [-0.39, 0.29) is 10.0 Å². The minimum absolute atomic E-state index is 0.000937. The minimum atomic E-state index is -0.635. The maximum absolute atomic E-state index is 13.5. The Balaban J connectivity index is 2.93. The van der Waals surface area contributed by atoms with Crippen molar-refractivity contribution in [2.75, 3.05) is 18.5 Å². The molecule has 0 saturated heterocycles. The lowest BCUT2D eigenvalue weighted by atomic mass is 10.3. The van der Waals surface area contributed by atoms with Crippen molar-refractivity contribution in [2.24, 2.45) is 5.10 Å². The molecule has 0 aliphatic rings. The molecular formula is C13H18Cl2FN3. The van der Waals surface area contributed by atoms with Crippen LogP contribution in [0.25, 0.3) is 0 Å². The van der Waals surface area contributed by atoms with Gasteiger partial charge in [-0.25, -0.2) is 4.39 Å². The van der Waals surface area contributed by atoms with E-state index in [1.54, 1.807) is 6.07 Å². The molecule has 1 aromatic rings. The van der Waals surface area contributed by atoms with Crippen LogP contribution in [0.2, 0.25) is 10.0 Å². The Morgan fingerprint density at radius 1 is 1.26 bits per heavy atom. The fourth-order valence-corrected chi connectivity index (χ4v) is 2.11. The summed E-state index contributed by atoms with van der Waals surface area (Å²) < 4.78 is 13.5. The first kappa shape index (κ1) is 16.1. The molecule has 1 rings (SSSR count). The van der Waals surface area contributed by atoms with Gasteiger partial charge in [0.1, 0.15) is 10.9 Å². The first-order chi connectivity index (χ1) is 9.04. The number of anilines is 1. The number of nitrogens with zero attached hydrogens (tertiary/aromatic N) is 2. The topological polar surface area (TPSA) is 27.6 Å². The number of hydrazone groups is 1. The molecule has 0 saturated carbocycles. The van der Waals surface area contributed by atoms with E-state index < -0.39 is 5.82 Å². The molecule has 0 atom stereocenters. The van der Waals surface area contributed by atoms with E-state index >= 15 is 0 Å². The quantitative estimate of drug-likeness (QED) is 0.372. The van der Waals surface area contributed by atoms with Crippen LogP contribution in [-0.2, 0) is 0 Å². The van der Waals surface area contributed by atoms with Gasteiger partial charge in [0.15, 0.2) is 5.82 Å². The Morgan fingerprint density at radius 3 is 2.42 bits per heavy atom. The fourth-order valence-electron chi connectivity index (χ4n) is 1.70. The maximum Gasteiger partial charge on any atom is 0.162 e. The van der Waals surface area contributed by atoms with Crippen LogP contribution in [0.5, 0.6) is 0 Å². The van der Waals surface area contributed by atoms with Gasteiger partial charge in [-0.15, -0.1) is 0 Å². The lowest BCUT2D eigenvalue weighted by Crippen LogP contribution is -2.30. The SMILES string of the molecule is CC/C(=N\Nc1ccc(Cl)c(F)c1Cl)N(CC)CC. The van der Waals surface area contributed by atoms with Crippen molar-refractivity contribution in [3.05, 3.63) is 28.0 Å². The van der Waals surface area contributed by atoms with Crippen molar-refractivity contribution in [3.8, 4) is 0 Å². The summed E-state index contributed by atoms with van der Waals surface area (Å²) in [5.41, 5.74) is 3.20. The standard InChI is InChI=1S/C13H18Cl2FN3/c1-4-11(19(5-2)6-3)18-17-10-8-7-9(14)13(16)12(10)15/h7-8,17H,4-6H2,1-3H3/b18-11+. The van der Waals surface area contributed by atoms with Crippen molar-refractivity contribution in [3.63, 3.8) is 0 Å². The summed E-state index contributed by atoms with van der Waals surface area (Å²) in [4.78, 5) is 2.12. The Bertz CT molecular complexity index is 459. The van der Waals surface area contributed by atoms with E-state index in [9.17, 15) is 4.39 Å². The van der Waals surface area contributed by atoms with E-state index in [0.717, 1.165) is 25.3 Å². The van der Waals surface area contributed by atoms with Gasteiger partial charge in [-0.2, -0.15) is 5.10 Å². The third-order valence-electron chi connectivity index (χ3n) is 2.79. The van der Waals surface area contributed by atoms with Gasteiger partial charge >= 0.3 is 0 Å². The van der Waals surface area contributed by atoms with E-state index in [1.165, 1.54) is 6.07 Å². The maximum atomic E-state index is 13.5. The molecule has 0 aliphatic carbocycles. The van der Waals surface area contributed by atoms with Gasteiger partial charge in [-0.1, -0.05) is 30.1 Å². The Hall–Kier alpha value is -1.000. The van der Waals surface area contributed by atoms with Gasteiger partial charge in [0.2, 0.25) is 0 Å². The Morgan fingerprint density at radius 2 is 1.89 bits per heavy atom. The molecule has 0 aliphatic heterocycles. The number of benzene rings is 1. The molecule has 0 spiro atoms. The number of hydrogen-bond donors (Lipinski definition) is 1. The predicted molar refractivity (Wildman–Crippen MR) is 80.7 cm³/mol. The number of halogens is 3. The molecule has 0 aromatic heterocycles. The molecule has 6 heteroatoms. The molecule has 19 heavy (non-hydrogen) atoms. The van der Waals surface area contributed by atoms with E-state index in [2.05, 4.69) is 29.3 Å². The molecular weight excluding hydrogens is 288 g/mol. The third kappa shape index (κ3) is 3.98. The van der Waals surface area contributed by atoms with Crippen LogP contribution in [0.3, 0.4) is 0 Å². The number of rotatable bonds is 5. The van der Waals surface area contributed by atoms with Crippen LogP contribution in [0.4, 0.5) is 10.1 Å². The highest BCUT2D eigenvalue weighted by Gasteiger charge is 2.10. The van der Waals surface area contributed by atoms with E-state index in [4.69, 9.17) is 23.2 Å². The summed E-state index contributed by atoms with van der Waals surface area (Å²) in [7, 11) is 0. The number of amidine groups is 1. The lowest BCUT2D eigenvalue weighted by molar-refractivity contribution is 0.456. The van der Waals surface area contributed by atoms with Crippen LogP contribution >= 0.6 is 23.2 Å². The summed E-state index contributed by atoms with van der Waals surface area (Å²) >= 11 is 11.5. The van der Waals surface area contributed by atoms with Gasteiger partial charge in [0.05, 0.1) is 10.7 Å². The molecule has 1 N–H and O–H groups in total. The van der Waals surface area contributed by atoms with E-state index in [0.29, 0.717) is 5.69 Å². The first-order valence-electron chi connectivity index (χ1n) is 6.26. The average molecular weight is 306 g/mol. The van der Waals surface area contributed by atoms with E-state index in [1.807, 2.05) is 6.92 Å². The molecule has 106 valence electrons. The highest BCUT2D eigenvalue weighted by atomic mass is 35.5. The van der Waals surface area contributed by atoms with Crippen LogP contribution in [-0.4, -0.2) is 23.8 Å². The zero-order chi connectivity index (χ0) is 14.4. The second-order valence-electron chi connectivity index (χ2n) is 3.89. The molecule has 0 heterocycles. The Kier molecular flexibility index (Phi) is 6.38. The van der Waals surface area contributed by atoms with Crippen molar-refractivity contribution >= 4 is 34.7 Å². The number of nitrogens with one attached hydrogen (secondary N) is 1. The highest BCUT2D eigenvalue weighted by Crippen LogP contribution is 2.30. The summed E-state index contributed by atoms with van der Waals surface area (Å²) in [6, 6.07) is 3.05. The van der Waals surface area contributed by atoms with Gasteiger partial charge in [-0.05, 0) is 26.0 Å². The Labute approximate surface area is 123 Å². The van der Waals surface area contributed by atoms with Gasteiger partial charge in [0, 0.05) is 19.5 Å². The predicted octanol–water partition coefficient (Wildman–Crippen LogP) is 4.61. The second-order valence-corrected chi connectivity index (χ2v) is 4.67. The number of hydrogen-bond acceptors (Lipinski definition) is 2. The van der Waals surface area contributed by atoms with Crippen molar-refractivity contribution in [1.82, 2.24) is 4.90 Å². The summed E-state index contributed by atoms with van der Waals surface area (Å²) in [6.45, 7) is 7.87.